The summed E-state index contributed by atoms with van der Waals surface area (Å²) in [4.78, 5) is 15.2. The van der Waals surface area contributed by atoms with Crippen LogP contribution in [0.5, 0.6) is 5.75 Å². The highest BCUT2D eigenvalue weighted by molar-refractivity contribution is 7.12. The van der Waals surface area contributed by atoms with E-state index in [-0.39, 0.29) is 11.8 Å². The Morgan fingerprint density at radius 3 is 3.04 bits per heavy atom. The summed E-state index contributed by atoms with van der Waals surface area (Å²) in [5.74, 6) is 1.96. The number of likely N-dealkylation sites (tertiary alicyclic amines) is 1. The topological polar surface area (TPSA) is 68.5 Å². The van der Waals surface area contributed by atoms with Gasteiger partial charge in [-0.05, 0) is 42.5 Å². The maximum atomic E-state index is 12.6. The van der Waals surface area contributed by atoms with Gasteiger partial charge in [0.05, 0.1) is 17.9 Å². The van der Waals surface area contributed by atoms with Crippen molar-refractivity contribution in [3.05, 3.63) is 52.5 Å². The second-order valence-corrected chi connectivity index (χ2v) is 7.19. The number of piperidine rings is 1. The molecular weight excluding hydrogens is 350 g/mol. The number of methoxy groups -OCH3 is 1. The van der Waals surface area contributed by atoms with Crippen molar-refractivity contribution >= 4 is 17.2 Å². The van der Waals surface area contributed by atoms with E-state index in [1.54, 1.807) is 7.11 Å². The zero-order valence-corrected chi connectivity index (χ0v) is 15.2. The fourth-order valence-electron chi connectivity index (χ4n) is 3.19. The Labute approximate surface area is 155 Å². The Hall–Kier alpha value is -2.67. The highest BCUT2D eigenvalue weighted by Crippen LogP contribution is 2.30. The first-order chi connectivity index (χ1) is 12.7. The largest absolute Gasteiger partial charge is 0.497 e. The zero-order valence-electron chi connectivity index (χ0n) is 14.4. The number of rotatable bonds is 4. The second kappa shape index (κ2) is 7.29. The lowest BCUT2D eigenvalue weighted by atomic mass is 9.98. The zero-order chi connectivity index (χ0) is 17.9. The molecule has 1 amide bonds. The van der Waals surface area contributed by atoms with E-state index in [4.69, 9.17) is 9.15 Å². The molecule has 1 unspecified atom stereocenters. The summed E-state index contributed by atoms with van der Waals surface area (Å²) >= 11 is 1.47. The number of carbonyl (C=O) groups excluding carboxylic acids is 1. The summed E-state index contributed by atoms with van der Waals surface area (Å²) < 4.78 is 11.2. The number of amides is 1. The molecule has 0 aliphatic carbocycles. The average Bonchev–Trinajstić information content (AvgIpc) is 3.39. The van der Waals surface area contributed by atoms with Crippen molar-refractivity contribution in [3.8, 4) is 17.2 Å². The van der Waals surface area contributed by atoms with E-state index in [0.717, 1.165) is 35.6 Å². The van der Waals surface area contributed by atoms with Crippen LogP contribution in [0.2, 0.25) is 0 Å². The van der Waals surface area contributed by atoms with E-state index >= 15 is 0 Å². The smallest absolute Gasteiger partial charge is 0.263 e. The Balaban J connectivity index is 1.51. The van der Waals surface area contributed by atoms with Gasteiger partial charge in [0.25, 0.3) is 5.91 Å². The standard InChI is InChI=1S/C19H19N3O3S/c1-24-15-7-2-5-13(11-15)17-20-21-18(25-17)14-6-3-9-22(12-14)19(23)16-8-4-10-26-16/h2,4-5,7-8,10-11,14H,3,6,9,12H2,1H3. The fourth-order valence-corrected chi connectivity index (χ4v) is 3.88. The maximum absolute atomic E-state index is 12.6. The Kier molecular flexibility index (Phi) is 4.71. The summed E-state index contributed by atoms with van der Waals surface area (Å²) in [6.45, 7) is 1.38. The lowest BCUT2D eigenvalue weighted by molar-refractivity contribution is 0.0703. The third kappa shape index (κ3) is 3.35. The molecule has 7 heteroatoms. The number of hydrogen-bond acceptors (Lipinski definition) is 6. The van der Waals surface area contributed by atoms with Gasteiger partial charge in [-0.2, -0.15) is 0 Å². The van der Waals surface area contributed by atoms with Crippen LogP contribution in [0, 0.1) is 0 Å². The Bertz CT molecular complexity index is 891. The van der Waals surface area contributed by atoms with Crippen LogP contribution in [0.1, 0.15) is 34.3 Å². The number of thiophene rings is 1. The molecule has 2 aromatic heterocycles. The average molecular weight is 369 g/mol. The Morgan fingerprint density at radius 1 is 1.31 bits per heavy atom. The lowest BCUT2D eigenvalue weighted by Gasteiger charge is -2.30. The summed E-state index contributed by atoms with van der Waals surface area (Å²) in [7, 11) is 1.62. The normalized spacial score (nSPS) is 17.3. The van der Waals surface area contributed by atoms with Crippen LogP contribution in [0.15, 0.2) is 46.2 Å². The van der Waals surface area contributed by atoms with Gasteiger partial charge in [-0.15, -0.1) is 21.5 Å². The predicted molar refractivity (Wildman–Crippen MR) is 98.5 cm³/mol. The molecule has 0 spiro atoms. The van der Waals surface area contributed by atoms with Gasteiger partial charge in [-0.3, -0.25) is 4.79 Å². The van der Waals surface area contributed by atoms with Gasteiger partial charge < -0.3 is 14.1 Å². The molecule has 0 saturated carbocycles. The molecule has 0 N–H and O–H groups in total. The molecule has 3 aromatic rings. The highest BCUT2D eigenvalue weighted by Gasteiger charge is 2.29. The van der Waals surface area contributed by atoms with Crippen LogP contribution in [-0.2, 0) is 0 Å². The molecule has 0 bridgehead atoms. The highest BCUT2D eigenvalue weighted by atomic mass is 32.1. The van der Waals surface area contributed by atoms with E-state index in [1.165, 1.54) is 11.3 Å². The van der Waals surface area contributed by atoms with Crippen LogP contribution in [0.4, 0.5) is 0 Å². The van der Waals surface area contributed by atoms with Gasteiger partial charge in [0.15, 0.2) is 0 Å². The van der Waals surface area contributed by atoms with Crippen molar-refractivity contribution in [1.82, 2.24) is 15.1 Å². The van der Waals surface area contributed by atoms with Crippen molar-refractivity contribution in [3.63, 3.8) is 0 Å². The van der Waals surface area contributed by atoms with Gasteiger partial charge >= 0.3 is 0 Å². The van der Waals surface area contributed by atoms with Gasteiger partial charge in [0.2, 0.25) is 11.8 Å². The van der Waals surface area contributed by atoms with Crippen molar-refractivity contribution in [1.29, 1.82) is 0 Å². The van der Waals surface area contributed by atoms with Gasteiger partial charge in [0.1, 0.15) is 5.75 Å². The van der Waals surface area contributed by atoms with Crippen LogP contribution in [0.3, 0.4) is 0 Å². The van der Waals surface area contributed by atoms with Crippen molar-refractivity contribution in [2.24, 2.45) is 0 Å². The molecule has 134 valence electrons. The summed E-state index contributed by atoms with van der Waals surface area (Å²) in [6, 6.07) is 11.3. The van der Waals surface area contributed by atoms with E-state index in [1.807, 2.05) is 46.7 Å². The summed E-state index contributed by atoms with van der Waals surface area (Å²) in [5.41, 5.74) is 0.824. The number of nitrogens with zero attached hydrogens (tertiary/aromatic N) is 3. The first kappa shape index (κ1) is 16.8. The first-order valence-corrected chi connectivity index (χ1v) is 9.43. The molecule has 1 aliphatic rings. The van der Waals surface area contributed by atoms with Gasteiger partial charge in [-0.25, -0.2) is 0 Å². The van der Waals surface area contributed by atoms with E-state index in [2.05, 4.69) is 10.2 Å². The Morgan fingerprint density at radius 2 is 2.23 bits per heavy atom. The SMILES string of the molecule is COc1cccc(-c2nnc(C3CCCN(C(=O)c4cccs4)C3)o2)c1. The molecule has 0 radical (unpaired) electrons. The second-order valence-electron chi connectivity index (χ2n) is 6.25. The van der Waals surface area contributed by atoms with Crippen molar-refractivity contribution in [2.45, 2.75) is 18.8 Å². The molecule has 3 heterocycles. The number of hydrogen-bond donors (Lipinski definition) is 0. The summed E-state index contributed by atoms with van der Waals surface area (Å²) in [6.07, 6.45) is 1.87. The molecule has 1 saturated heterocycles. The third-order valence-electron chi connectivity index (χ3n) is 4.55. The van der Waals surface area contributed by atoms with Crippen LogP contribution >= 0.6 is 11.3 Å². The van der Waals surface area contributed by atoms with Gasteiger partial charge in [0, 0.05) is 18.7 Å². The molecule has 1 aromatic carbocycles. The molecule has 6 nitrogen and oxygen atoms in total. The number of benzene rings is 1. The van der Waals surface area contributed by atoms with Crippen molar-refractivity contribution < 1.29 is 13.9 Å². The first-order valence-electron chi connectivity index (χ1n) is 8.55. The molecule has 4 rings (SSSR count). The minimum atomic E-state index is 0.0690. The monoisotopic (exact) mass is 369 g/mol. The lowest BCUT2D eigenvalue weighted by Crippen LogP contribution is -2.38. The number of aromatic nitrogens is 2. The summed E-state index contributed by atoms with van der Waals surface area (Å²) in [5, 5.41) is 10.3. The molecule has 1 aliphatic heterocycles. The quantitative estimate of drug-likeness (QED) is 0.699. The minimum absolute atomic E-state index is 0.0690. The third-order valence-corrected chi connectivity index (χ3v) is 5.40. The van der Waals surface area contributed by atoms with Crippen LogP contribution in [-0.4, -0.2) is 41.2 Å². The number of carbonyl (C=O) groups is 1. The minimum Gasteiger partial charge on any atom is -0.497 e. The van der Waals surface area contributed by atoms with Crippen LogP contribution in [0.25, 0.3) is 11.5 Å². The molecule has 26 heavy (non-hydrogen) atoms. The maximum Gasteiger partial charge on any atom is 0.263 e. The van der Waals surface area contributed by atoms with E-state index in [9.17, 15) is 4.79 Å². The van der Waals surface area contributed by atoms with Crippen molar-refractivity contribution in [2.75, 3.05) is 20.2 Å². The van der Waals surface area contributed by atoms with E-state index in [0.29, 0.717) is 18.3 Å². The predicted octanol–water partition coefficient (Wildman–Crippen LogP) is 3.83. The molecule has 1 fully saturated rings. The van der Waals surface area contributed by atoms with Crippen LogP contribution < -0.4 is 4.74 Å². The number of ether oxygens (including phenoxy) is 1. The van der Waals surface area contributed by atoms with Gasteiger partial charge in [-0.1, -0.05) is 12.1 Å². The fraction of sp³-hybridized carbons (Fsp3) is 0.316. The molecular formula is C19H19N3O3S. The molecule has 1 atom stereocenters. The van der Waals surface area contributed by atoms with E-state index < -0.39 is 0 Å².